The van der Waals surface area contributed by atoms with E-state index in [-0.39, 0.29) is 4.90 Å². The smallest absolute Gasteiger partial charge is 0.262 e. The molecule has 2 aromatic rings. The van der Waals surface area contributed by atoms with Gasteiger partial charge in [0.2, 0.25) is 0 Å². The van der Waals surface area contributed by atoms with E-state index in [4.69, 9.17) is 0 Å². The highest BCUT2D eigenvalue weighted by Crippen LogP contribution is 2.27. The Bertz CT molecular complexity index is 702. The molecule has 0 amide bonds. The van der Waals surface area contributed by atoms with E-state index in [1.165, 1.54) is 30.1 Å². The van der Waals surface area contributed by atoms with Crippen molar-refractivity contribution in [1.82, 2.24) is 4.98 Å². The molecule has 1 heterocycles. The molecule has 0 aliphatic carbocycles. The number of nitrogens with one attached hydrogen (secondary N) is 2. The summed E-state index contributed by atoms with van der Waals surface area (Å²) in [4.78, 5) is 5.05. The van der Waals surface area contributed by atoms with Crippen LogP contribution in [0.3, 0.4) is 0 Å². The minimum Gasteiger partial charge on any atom is -0.373 e. The topological polar surface area (TPSA) is 71.1 Å². The summed E-state index contributed by atoms with van der Waals surface area (Å²) in [6.45, 7) is 0. The molecule has 0 radical (unpaired) electrons. The third-order valence-electron chi connectivity index (χ3n) is 2.65. The molecule has 0 atom stereocenters. The molecule has 5 nitrogen and oxygen atoms in total. The van der Waals surface area contributed by atoms with Gasteiger partial charge in [0.25, 0.3) is 10.0 Å². The Balaban J connectivity index is 2.35. The predicted molar refractivity (Wildman–Crippen MR) is 82.8 cm³/mol. The molecule has 0 bridgehead atoms. The maximum Gasteiger partial charge on any atom is 0.262 e. The molecule has 1 aromatic carbocycles. The highest BCUT2D eigenvalue weighted by Gasteiger charge is 2.16. The number of thioether (sulfide) groups is 1. The molecular weight excluding hydrogens is 294 g/mol. The average Bonchev–Trinajstić information content (AvgIpc) is 2.47. The monoisotopic (exact) mass is 309 g/mol. The van der Waals surface area contributed by atoms with Gasteiger partial charge in [-0.15, -0.1) is 11.8 Å². The SMILES string of the molecule is CNc1cc(S(=O)(=O)Nc2ccccc2SC)ccn1. The normalized spacial score (nSPS) is 11.1. The molecule has 0 aliphatic heterocycles. The van der Waals surface area contributed by atoms with Gasteiger partial charge in [-0.3, -0.25) is 4.72 Å². The molecule has 20 heavy (non-hydrogen) atoms. The summed E-state index contributed by atoms with van der Waals surface area (Å²) in [5.41, 5.74) is 0.572. The number of pyridine rings is 1. The van der Waals surface area contributed by atoms with E-state index in [1.54, 1.807) is 19.2 Å². The van der Waals surface area contributed by atoms with Gasteiger partial charge >= 0.3 is 0 Å². The Morgan fingerprint density at radius 3 is 2.65 bits per heavy atom. The van der Waals surface area contributed by atoms with Crippen molar-refractivity contribution in [2.45, 2.75) is 9.79 Å². The number of sulfonamides is 1. The second-order valence-corrected chi connectivity index (χ2v) is 6.46. The molecule has 7 heteroatoms. The standard InChI is InChI=1S/C13H15N3O2S2/c1-14-13-9-10(7-8-15-13)20(17,18)16-11-5-3-4-6-12(11)19-2/h3-9,16H,1-2H3,(H,14,15). The lowest BCUT2D eigenvalue weighted by molar-refractivity contribution is 0.601. The lowest BCUT2D eigenvalue weighted by atomic mass is 10.3. The van der Waals surface area contributed by atoms with Gasteiger partial charge in [0.05, 0.1) is 10.6 Å². The quantitative estimate of drug-likeness (QED) is 0.831. The Morgan fingerprint density at radius 2 is 1.95 bits per heavy atom. The maximum atomic E-state index is 12.4. The van der Waals surface area contributed by atoms with Crippen LogP contribution in [0.2, 0.25) is 0 Å². The van der Waals surface area contributed by atoms with Crippen molar-refractivity contribution in [3.8, 4) is 0 Å². The first-order chi connectivity index (χ1) is 9.56. The molecule has 0 aliphatic rings. The molecule has 2 rings (SSSR count). The van der Waals surface area contributed by atoms with Gasteiger partial charge in [-0.25, -0.2) is 13.4 Å². The van der Waals surface area contributed by atoms with E-state index in [0.717, 1.165) is 4.90 Å². The van der Waals surface area contributed by atoms with E-state index in [2.05, 4.69) is 15.0 Å². The number of para-hydroxylation sites is 1. The van der Waals surface area contributed by atoms with E-state index < -0.39 is 10.0 Å². The fourth-order valence-electron chi connectivity index (χ4n) is 1.65. The fraction of sp³-hybridized carbons (Fsp3) is 0.154. The summed E-state index contributed by atoms with van der Waals surface area (Å²) in [5.74, 6) is 0.506. The highest BCUT2D eigenvalue weighted by atomic mass is 32.2. The predicted octanol–water partition coefficient (Wildman–Crippen LogP) is 2.65. The number of benzene rings is 1. The van der Waals surface area contributed by atoms with Gasteiger partial charge in [0.15, 0.2) is 0 Å². The zero-order chi connectivity index (χ0) is 14.6. The van der Waals surface area contributed by atoms with Crippen LogP contribution in [-0.4, -0.2) is 26.7 Å². The van der Waals surface area contributed by atoms with Crippen LogP contribution in [0.1, 0.15) is 0 Å². The maximum absolute atomic E-state index is 12.4. The minimum atomic E-state index is -3.62. The Hall–Kier alpha value is -1.73. The molecule has 0 unspecified atom stereocenters. The van der Waals surface area contributed by atoms with Crippen molar-refractivity contribution in [3.05, 3.63) is 42.6 Å². The summed E-state index contributed by atoms with van der Waals surface area (Å²) >= 11 is 1.49. The van der Waals surface area contributed by atoms with Crippen molar-refractivity contribution in [2.24, 2.45) is 0 Å². The lowest BCUT2D eigenvalue weighted by Crippen LogP contribution is -2.14. The third kappa shape index (κ3) is 3.23. The van der Waals surface area contributed by atoms with Gasteiger partial charge < -0.3 is 5.32 Å². The van der Waals surface area contributed by atoms with Crippen molar-refractivity contribution in [3.63, 3.8) is 0 Å². The first kappa shape index (κ1) is 14.7. The van der Waals surface area contributed by atoms with Crippen molar-refractivity contribution in [2.75, 3.05) is 23.3 Å². The van der Waals surface area contributed by atoms with Crippen LogP contribution in [0.25, 0.3) is 0 Å². The third-order valence-corrected chi connectivity index (χ3v) is 4.81. The number of nitrogens with zero attached hydrogens (tertiary/aromatic N) is 1. The van der Waals surface area contributed by atoms with Crippen molar-refractivity contribution in [1.29, 1.82) is 0 Å². The minimum absolute atomic E-state index is 0.174. The molecule has 0 saturated heterocycles. The first-order valence-electron chi connectivity index (χ1n) is 5.86. The first-order valence-corrected chi connectivity index (χ1v) is 8.57. The summed E-state index contributed by atoms with van der Waals surface area (Å²) in [6, 6.07) is 10.2. The van der Waals surface area contributed by atoms with Crippen molar-refractivity contribution >= 4 is 33.3 Å². The average molecular weight is 309 g/mol. The fourth-order valence-corrected chi connectivity index (χ4v) is 3.36. The number of aromatic nitrogens is 1. The second-order valence-electron chi connectivity index (χ2n) is 3.93. The summed E-state index contributed by atoms with van der Waals surface area (Å²) in [6.07, 6.45) is 3.36. The van der Waals surface area contributed by atoms with E-state index >= 15 is 0 Å². The Labute approximate surface area is 122 Å². The molecular formula is C13H15N3O2S2. The highest BCUT2D eigenvalue weighted by molar-refractivity contribution is 7.99. The van der Waals surface area contributed by atoms with Crippen LogP contribution < -0.4 is 10.0 Å². The van der Waals surface area contributed by atoms with Crippen LogP contribution >= 0.6 is 11.8 Å². The number of rotatable bonds is 5. The number of hydrogen-bond donors (Lipinski definition) is 2. The molecule has 1 aromatic heterocycles. The van der Waals surface area contributed by atoms with Crippen LogP contribution in [-0.2, 0) is 10.0 Å². The number of hydrogen-bond acceptors (Lipinski definition) is 5. The molecule has 0 spiro atoms. The summed E-state index contributed by atoms with van der Waals surface area (Å²) in [5, 5.41) is 2.82. The Morgan fingerprint density at radius 1 is 1.20 bits per heavy atom. The summed E-state index contributed by atoms with van der Waals surface area (Å²) in [7, 11) is -1.93. The largest absolute Gasteiger partial charge is 0.373 e. The zero-order valence-corrected chi connectivity index (χ0v) is 12.8. The van der Waals surface area contributed by atoms with E-state index in [9.17, 15) is 8.42 Å². The van der Waals surface area contributed by atoms with Gasteiger partial charge in [-0.1, -0.05) is 12.1 Å². The van der Waals surface area contributed by atoms with Crippen LogP contribution in [0.15, 0.2) is 52.4 Å². The second kappa shape index (κ2) is 6.15. The Kier molecular flexibility index (Phi) is 4.51. The van der Waals surface area contributed by atoms with Crippen molar-refractivity contribution < 1.29 is 8.42 Å². The van der Waals surface area contributed by atoms with Gasteiger partial charge in [0.1, 0.15) is 5.82 Å². The van der Waals surface area contributed by atoms with E-state index in [1.807, 2.05) is 18.4 Å². The molecule has 106 valence electrons. The van der Waals surface area contributed by atoms with Gasteiger partial charge in [-0.05, 0) is 24.5 Å². The van der Waals surface area contributed by atoms with Crippen LogP contribution in [0.5, 0.6) is 0 Å². The molecule has 0 fully saturated rings. The van der Waals surface area contributed by atoms with Crippen LogP contribution in [0.4, 0.5) is 11.5 Å². The molecule has 2 N–H and O–H groups in total. The van der Waals surface area contributed by atoms with E-state index in [0.29, 0.717) is 11.5 Å². The van der Waals surface area contributed by atoms with Gasteiger partial charge in [-0.2, -0.15) is 0 Å². The lowest BCUT2D eigenvalue weighted by Gasteiger charge is -2.11. The van der Waals surface area contributed by atoms with Crippen LogP contribution in [0, 0.1) is 0 Å². The zero-order valence-electron chi connectivity index (χ0n) is 11.1. The summed E-state index contributed by atoms with van der Waals surface area (Å²) < 4.78 is 27.3. The molecule has 0 saturated carbocycles. The number of anilines is 2. The van der Waals surface area contributed by atoms with Gasteiger partial charge in [0, 0.05) is 24.2 Å².